The summed E-state index contributed by atoms with van der Waals surface area (Å²) in [5.74, 6) is 0. The molecule has 8 nitrogen and oxygen atoms in total. The van der Waals surface area contributed by atoms with Crippen molar-refractivity contribution in [1.82, 2.24) is 0 Å². The maximum absolute atomic E-state index is 9.33. The molecular weight excluding hydrogens is 194 g/mol. The summed E-state index contributed by atoms with van der Waals surface area (Å²) in [5, 5.41) is 39.7. The van der Waals surface area contributed by atoms with Gasteiger partial charge in [-0.3, -0.25) is 0 Å². The van der Waals surface area contributed by atoms with E-state index in [0.29, 0.717) is 0 Å². The summed E-state index contributed by atoms with van der Waals surface area (Å²) in [6.07, 6.45) is -6.92. The Morgan fingerprint density at radius 3 is 2.57 bits per heavy atom. The summed E-state index contributed by atoms with van der Waals surface area (Å²) in [6, 6.07) is 0. The van der Waals surface area contributed by atoms with Crippen molar-refractivity contribution in [2.75, 3.05) is 6.61 Å². The Hall–Kier alpha value is -0.890. The minimum Gasteiger partial charge on any atom is -0.388 e. The molecule has 5 atom stereocenters. The number of ether oxygens (including phenoxy) is 1. The van der Waals surface area contributed by atoms with Crippen molar-refractivity contribution in [2.24, 2.45) is 5.11 Å². The topological polar surface area (TPSA) is 139 Å². The van der Waals surface area contributed by atoms with Gasteiger partial charge in [0.25, 0.3) is 0 Å². The van der Waals surface area contributed by atoms with Crippen LogP contribution in [-0.2, 0) is 4.74 Å². The molecule has 0 bridgehead atoms. The molecule has 1 fully saturated rings. The molecule has 0 aliphatic carbocycles. The summed E-state index contributed by atoms with van der Waals surface area (Å²) in [4.78, 5) is 2.33. The average Bonchev–Trinajstić information content (AvgIpc) is 2.15. The van der Waals surface area contributed by atoms with Gasteiger partial charge in [-0.25, -0.2) is 0 Å². The summed E-state index contributed by atoms with van der Waals surface area (Å²) in [5.41, 5.74) is 8.02. The van der Waals surface area contributed by atoms with Crippen LogP contribution in [0.25, 0.3) is 10.4 Å². The van der Waals surface area contributed by atoms with Crippen LogP contribution in [-0.4, -0.2) is 57.7 Å². The Kier molecular flexibility index (Phi) is 3.64. The predicted molar refractivity (Wildman–Crippen MR) is 42.9 cm³/mol. The zero-order valence-electron chi connectivity index (χ0n) is 7.13. The molecule has 0 radical (unpaired) electrons. The van der Waals surface area contributed by atoms with Crippen molar-refractivity contribution in [3.63, 3.8) is 0 Å². The van der Waals surface area contributed by atoms with Gasteiger partial charge in [0.05, 0.1) is 6.61 Å². The highest BCUT2D eigenvalue weighted by atomic mass is 16.5. The van der Waals surface area contributed by atoms with Crippen molar-refractivity contribution >= 4 is 0 Å². The van der Waals surface area contributed by atoms with Gasteiger partial charge in [0.2, 0.25) is 0 Å². The Balaban J connectivity index is 2.67. The number of nitrogens with zero attached hydrogens (tertiary/aromatic N) is 3. The zero-order valence-corrected chi connectivity index (χ0v) is 7.13. The summed E-state index contributed by atoms with van der Waals surface area (Å²) < 4.78 is 4.81. The lowest BCUT2D eigenvalue weighted by atomic mass is 9.99. The van der Waals surface area contributed by atoms with Crippen LogP contribution in [0.2, 0.25) is 0 Å². The smallest absolute Gasteiger partial charge is 0.161 e. The highest BCUT2D eigenvalue weighted by molar-refractivity contribution is 4.89. The lowest BCUT2D eigenvalue weighted by Crippen LogP contribution is -2.56. The van der Waals surface area contributed by atoms with E-state index in [1.54, 1.807) is 0 Å². The molecule has 0 aromatic heterocycles. The second-order valence-electron chi connectivity index (χ2n) is 2.97. The summed E-state index contributed by atoms with van der Waals surface area (Å²) in [7, 11) is 0. The third kappa shape index (κ3) is 2.13. The molecule has 8 heteroatoms. The molecule has 0 saturated carbocycles. The SMILES string of the molecule is [N-]=[N+]=NC(O)[C@H]1OC[C@H](O)[C@@H](O)[C@@H]1O. The Morgan fingerprint density at radius 1 is 1.36 bits per heavy atom. The van der Waals surface area contributed by atoms with Gasteiger partial charge in [-0.2, -0.15) is 0 Å². The first-order valence-electron chi connectivity index (χ1n) is 3.96. The second kappa shape index (κ2) is 4.56. The van der Waals surface area contributed by atoms with Gasteiger partial charge >= 0.3 is 0 Å². The second-order valence-corrected chi connectivity index (χ2v) is 2.97. The molecule has 0 aromatic carbocycles. The molecule has 1 rings (SSSR count). The molecule has 1 aliphatic rings. The molecule has 0 spiro atoms. The molecule has 4 N–H and O–H groups in total. The Morgan fingerprint density at radius 2 is 2.00 bits per heavy atom. The minimum atomic E-state index is -1.59. The number of rotatable bonds is 2. The van der Waals surface area contributed by atoms with E-state index in [2.05, 4.69) is 10.0 Å². The van der Waals surface area contributed by atoms with Crippen molar-refractivity contribution < 1.29 is 25.2 Å². The van der Waals surface area contributed by atoms with Crippen LogP contribution in [0.3, 0.4) is 0 Å². The average molecular weight is 205 g/mol. The standard InChI is InChI=1S/C6H11N3O5/c7-9-8-6(13)5-4(12)3(11)2(10)1-14-5/h2-6,10-13H,1H2/t2-,3+,4-,5-,6?/m0/s1. The van der Waals surface area contributed by atoms with E-state index < -0.39 is 30.6 Å². The number of aliphatic hydroxyl groups excluding tert-OH is 4. The van der Waals surface area contributed by atoms with Crippen LogP contribution in [0.4, 0.5) is 0 Å². The van der Waals surface area contributed by atoms with E-state index in [0.717, 1.165) is 0 Å². The molecule has 80 valence electrons. The zero-order chi connectivity index (χ0) is 10.7. The van der Waals surface area contributed by atoms with Gasteiger partial charge in [0.15, 0.2) is 6.23 Å². The summed E-state index contributed by atoms with van der Waals surface area (Å²) in [6.45, 7) is -0.235. The van der Waals surface area contributed by atoms with E-state index >= 15 is 0 Å². The molecule has 0 amide bonds. The van der Waals surface area contributed by atoms with Crippen LogP contribution in [0, 0.1) is 0 Å². The quantitative estimate of drug-likeness (QED) is 0.237. The van der Waals surface area contributed by atoms with Gasteiger partial charge < -0.3 is 25.2 Å². The first-order valence-corrected chi connectivity index (χ1v) is 3.96. The van der Waals surface area contributed by atoms with E-state index in [-0.39, 0.29) is 6.61 Å². The molecular formula is C6H11N3O5. The van der Waals surface area contributed by atoms with Gasteiger partial charge in [-0.15, -0.1) is 0 Å². The molecule has 1 saturated heterocycles. The van der Waals surface area contributed by atoms with Gasteiger partial charge in [-0.05, 0) is 5.53 Å². The fourth-order valence-electron chi connectivity index (χ4n) is 1.21. The number of aliphatic hydroxyl groups is 4. The van der Waals surface area contributed by atoms with Gasteiger partial charge in [-0.1, -0.05) is 5.11 Å². The monoisotopic (exact) mass is 205 g/mol. The number of hydrogen-bond acceptors (Lipinski definition) is 6. The number of azide groups is 1. The third-order valence-electron chi connectivity index (χ3n) is 2.00. The van der Waals surface area contributed by atoms with Crippen LogP contribution >= 0.6 is 0 Å². The maximum Gasteiger partial charge on any atom is 0.161 e. The molecule has 0 aromatic rings. The van der Waals surface area contributed by atoms with E-state index in [9.17, 15) is 10.2 Å². The minimum absolute atomic E-state index is 0.235. The van der Waals surface area contributed by atoms with Crippen LogP contribution in [0.15, 0.2) is 5.11 Å². The fourth-order valence-corrected chi connectivity index (χ4v) is 1.21. The molecule has 1 unspecified atom stereocenters. The largest absolute Gasteiger partial charge is 0.388 e. The lowest BCUT2D eigenvalue weighted by molar-refractivity contribution is -0.209. The van der Waals surface area contributed by atoms with Crippen molar-refractivity contribution in [3.8, 4) is 0 Å². The van der Waals surface area contributed by atoms with Crippen molar-refractivity contribution in [3.05, 3.63) is 10.4 Å². The highest BCUT2D eigenvalue weighted by Gasteiger charge is 2.40. The van der Waals surface area contributed by atoms with Crippen molar-refractivity contribution in [1.29, 1.82) is 0 Å². The lowest BCUT2D eigenvalue weighted by Gasteiger charge is -2.36. The Bertz CT molecular complexity index is 244. The fraction of sp³-hybridized carbons (Fsp3) is 1.00. The van der Waals surface area contributed by atoms with Crippen LogP contribution in [0.5, 0.6) is 0 Å². The predicted octanol–water partition coefficient (Wildman–Crippen LogP) is -1.90. The van der Waals surface area contributed by atoms with Crippen LogP contribution in [0.1, 0.15) is 0 Å². The molecule has 14 heavy (non-hydrogen) atoms. The Labute approximate surface area is 79.0 Å². The van der Waals surface area contributed by atoms with E-state index in [4.69, 9.17) is 20.5 Å². The summed E-state index contributed by atoms with van der Waals surface area (Å²) >= 11 is 0. The van der Waals surface area contributed by atoms with Crippen molar-refractivity contribution in [2.45, 2.75) is 30.6 Å². The normalized spacial score (nSPS) is 40.0. The third-order valence-corrected chi connectivity index (χ3v) is 2.00. The van der Waals surface area contributed by atoms with Gasteiger partial charge in [0.1, 0.15) is 24.4 Å². The first-order chi connectivity index (χ1) is 6.57. The molecule has 1 heterocycles. The number of hydrogen-bond donors (Lipinski definition) is 4. The van der Waals surface area contributed by atoms with Crippen LogP contribution < -0.4 is 0 Å². The van der Waals surface area contributed by atoms with E-state index in [1.165, 1.54) is 0 Å². The highest BCUT2D eigenvalue weighted by Crippen LogP contribution is 2.18. The van der Waals surface area contributed by atoms with E-state index in [1.807, 2.05) is 0 Å². The maximum atomic E-state index is 9.33. The molecule has 1 aliphatic heterocycles. The van der Waals surface area contributed by atoms with Gasteiger partial charge in [0, 0.05) is 4.91 Å². The first kappa shape index (κ1) is 11.2.